The molecule has 1 heterocycles. The first-order chi connectivity index (χ1) is 8.17. The van der Waals surface area contributed by atoms with Crippen molar-refractivity contribution in [2.75, 3.05) is 0 Å². The second-order valence-electron chi connectivity index (χ2n) is 3.88. The Bertz CT molecular complexity index is 441. The van der Waals surface area contributed by atoms with Crippen molar-refractivity contribution in [3.05, 3.63) is 36.0 Å². The van der Waals surface area contributed by atoms with E-state index in [1.54, 1.807) is 0 Å². The number of aliphatic carboxylic acids is 1. The molecule has 1 aromatic carbocycles. The van der Waals surface area contributed by atoms with Gasteiger partial charge in [0.1, 0.15) is 0 Å². The molecular weight excluding hydrogens is 214 g/mol. The number of aromatic amines is 1. The number of fused-ring (bicyclic) bond motifs is 1. The number of carboxylic acid groups (broad SMARTS) is 1. The molecule has 3 nitrogen and oxygen atoms in total. The molecule has 0 aliphatic carbocycles. The van der Waals surface area contributed by atoms with Gasteiger partial charge in [0.15, 0.2) is 0 Å². The molecule has 0 amide bonds. The molecule has 17 heavy (non-hydrogen) atoms. The van der Waals surface area contributed by atoms with Crippen LogP contribution in [0.15, 0.2) is 30.3 Å². The first kappa shape index (κ1) is 13.3. The van der Waals surface area contributed by atoms with E-state index in [0.29, 0.717) is 6.42 Å². The Labute approximate surface area is 101 Å². The Morgan fingerprint density at radius 1 is 1.29 bits per heavy atom. The lowest BCUT2D eigenvalue weighted by Gasteiger charge is -1.85. The van der Waals surface area contributed by atoms with Gasteiger partial charge >= 0.3 is 5.97 Å². The van der Waals surface area contributed by atoms with Gasteiger partial charge < -0.3 is 10.1 Å². The van der Waals surface area contributed by atoms with E-state index in [1.807, 2.05) is 6.92 Å². The normalized spacial score (nSPS) is 9.76. The molecule has 0 aliphatic rings. The van der Waals surface area contributed by atoms with Gasteiger partial charge in [0.25, 0.3) is 0 Å². The summed E-state index contributed by atoms with van der Waals surface area (Å²) < 4.78 is 0. The van der Waals surface area contributed by atoms with Crippen LogP contribution in [0.25, 0.3) is 10.9 Å². The van der Waals surface area contributed by atoms with E-state index in [2.05, 4.69) is 42.2 Å². The van der Waals surface area contributed by atoms with Gasteiger partial charge in [0.05, 0.1) is 0 Å². The molecule has 92 valence electrons. The molecule has 0 saturated carbocycles. The van der Waals surface area contributed by atoms with Gasteiger partial charge in [-0.25, -0.2) is 0 Å². The van der Waals surface area contributed by atoms with Crippen molar-refractivity contribution in [2.24, 2.45) is 0 Å². The molecule has 0 atom stereocenters. The van der Waals surface area contributed by atoms with Gasteiger partial charge in [0, 0.05) is 17.6 Å². The molecule has 0 spiro atoms. The number of H-pyrrole nitrogens is 1. The molecule has 0 fully saturated rings. The van der Waals surface area contributed by atoms with Crippen molar-refractivity contribution >= 4 is 16.9 Å². The van der Waals surface area contributed by atoms with Crippen LogP contribution in [-0.2, 0) is 11.2 Å². The van der Waals surface area contributed by atoms with Crippen molar-refractivity contribution in [1.29, 1.82) is 0 Å². The minimum atomic E-state index is -0.711. The van der Waals surface area contributed by atoms with Crippen LogP contribution in [0.2, 0.25) is 0 Å². The summed E-state index contributed by atoms with van der Waals surface area (Å²) in [6.45, 7) is 4.00. The number of rotatable bonds is 3. The summed E-state index contributed by atoms with van der Waals surface area (Å²) >= 11 is 0. The summed E-state index contributed by atoms with van der Waals surface area (Å²) in [5.41, 5.74) is 2.55. The van der Waals surface area contributed by atoms with Crippen LogP contribution in [-0.4, -0.2) is 16.1 Å². The van der Waals surface area contributed by atoms with Crippen LogP contribution < -0.4 is 0 Å². The van der Waals surface area contributed by atoms with E-state index >= 15 is 0 Å². The number of carboxylic acids is 1. The first-order valence-corrected chi connectivity index (χ1v) is 5.95. The molecule has 1 aromatic heterocycles. The number of hydrogen-bond acceptors (Lipinski definition) is 1. The quantitative estimate of drug-likeness (QED) is 0.851. The highest BCUT2D eigenvalue weighted by Gasteiger charge is 1.95. The number of benzene rings is 1. The predicted octanol–water partition coefficient (Wildman–Crippen LogP) is 3.60. The van der Waals surface area contributed by atoms with Crippen molar-refractivity contribution in [1.82, 2.24) is 4.98 Å². The zero-order valence-corrected chi connectivity index (χ0v) is 10.4. The standard InChI is InChI=1S/C10H11N.C4H8O2/c1-2-9-7-8-5-3-4-6-10(8)11-9;1-2-3-4(5)6/h3-7,11H,2H2,1H3;2-3H2,1H3,(H,5,6). The van der Waals surface area contributed by atoms with Crippen LogP contribution in [0.1, 0.15) is 32.4 Å². The van der Waals surface area contributed by atoms with Crippen molar-refractivity contribution in [2.45, 2.75) is 33.1 Å². The Balaban J connectivity index is 0.000000209. The van der Waals surface area contributed by atoms with E-state index in [1.165, 1.54) is 16.6 Å². The minimum Gasteiger partial charge on any atom is -0.481 e. The number of hydrogen-bond donors (Lipinski definition) is 2. The number of carbonyl (C=O) groups is 1. The molecule has 0 aliphatic heterocycles. The zero-order valence-electron chi connectivity index (χ0n) is 10.4. The smallest absolute Gasteiger partial charge is 0.303 e. The lowest BCUT2D eigenvalue weighted by Crippen LogP contribution is -1.90. The third-order valence-corrected chi connectivity index (χ3v) is 2.43. The first-order valence-electron chi connectivity index (χ1n) is 5.95. The SMILES string of the molecule is CCCC(=O)O.CCc1cc2ccccc2[nH]1. The largest absolute Gasteiger partial charge is 0.481 e. The van der Waals surface area contributed by atoms with Gasteiger partial charge in [-0.3, -0.25) is 4.79 Å². The highest BCUT2D eigenvalue weighted by Crippen LogP contribution is 2.14. The van der Waals surface area contributed by atoms with Gasteiger partial charge in [-0.15, -0.1) is 0 Å². The molecular formula is C14H19NO2. The number of para-hydroxylation sites is 1. The summed E-state index contributed by atoms with van der Waals surface area (Å²) in [4.78, 5) is 12.9. The molecule has 0 bridgehead atoms. The molecule has 2 rings (SSSR count). The average molecular weight is 233 g/mol. The fraction of sp³-hybridized carbons (Fsp3) is 0.357. The summed E-state index contributed by atoms with van der Waals surface area (Å²) in [6, 6.07) is 10.6. The van der Waals surface area contributed by atoms with Crippen molar-refractivity contribution in [3.8, 4) is 0 Å². The van der Waals surface area contributed by atoms with Crippen LogP contribution in [0.5, 0.6) is 0 Å². The third-order valence-electron chi connectivity index (χ3n) is 2.43. The number of aryl methyl sites for hydroxylation is 1. The minimum absolute atomic E-state index is 0.292. The Hall–Kier alpha value is -1.77. The molecule has 2 N–H and O–H groups in total. The van der Waals surface area contributed by atoms with Crippen LogP contribution >= 0.6 is 0 Å². The topological polar surface area (TPSA) is 53.1 Å². The van der Waals surface area contributed by atoms with E-state index in [4.69, 9.17) is 5.11 Å². The molecule has 2 aromatic rings. The van der Waals surface area contributed by atoms with Crippen molar-refractivity contribution in [3.63, 3.8) is 0 Å². The number of aromatic nitrogens is 1. The average Bonchev–Trinajstić information content (AvgIpc) is 2.72. The molecule has 0 saturated heterocycles. The van der Waals surface area contributed by atoms with Crippen molar-refractivity contribution < 1.29 is 9.90 Å². The third kappa shape index (κ3) is 4.31. The summed E-state index contributed by atoms with van der Waals surface area (Å²) in [7, 11) is 0. The maximum Gasteiger partial charge on any atom is 0.303 e. The molecule has 3 heteroatoms. The monoisotopic (exact) mass is 233 g/mol. The Morgan fingerprint density at radius 2 is 2.00 bits per heavy atom. The lowest BCUT2D eigenvalue weighted by molar-refractivity contribution is -0.137. The van der Waals surface area contributed by atoms with Gasteiger partial charge in [-0.05, 0) is 30.4 Å². The highest BCUT2D eigenvalue weighted by molar-refractivity contribution is 5.80. The fourth-order valence-corrected chi connectivity index (χ4v) is 1.54. The molecule has 0 radical (unpaired) electrons. The van der Waals surface area contributed by atoms with Crippen LogP contribution in [0, 0.1) is 0 Å². The summed E-state index contributed by atoms with van der Waals surface area (Å²) in [5.74, 6) is -0.711. The zero-order chi connectivity index (χ0) is 12.7. The summed E-state index contributed by atoms with van der Waals surface area (Å²) in [5, 5.41) is 9.22. The van der Waals surface area contributed by atoms with E-state index < -0.39 is 5.97 Å². The Kier molecular flexibility index (Phi) is 5.27. The van der Waals surface area contributed by atoms with Crippen LogP contribution in [0.3, 0.4) is 0 Å². The second-order valence-corrected chi connectivity index (χ2v) is 3.88. The van der Waals surface area contributed by atoms with Crippen LogP contribution in [0.4, 0.5) is 0 Å². The van der Waals surface area contributed by atoms with E-state index in [0.717, 1.165) is 12.8 Å². The van der Waals surface area contributed by atoms with E-state index in [9.17, 15) is 4.79 Å². The highest BCUT2D eigenvalue weighted by atomic mass is 16.4. The maximum absolute atomic E-state index is 9.60. The summed E-state index contributed by atoms with van der Waals surface area (Å²) in [6.07, 6.45) is 2.10. The van der Waals surface area contributed by atoms with Gasteiger partial charge in [0.2, 0.25) is 0 Å². The second kappa shape index (κ2) is 6.74. The molecule has 0 unspecified atom stereocenters. The fourth-order valence-electron chi connectivity index (χ4n) is 1.54. The maximum atomic E-state index is 9.60. The predicted molar refractivity (Wildman–Crippen MR) is 70.2 cm³/mol. The van der Waals surface area contributed by atoms with Gasteiger partial charge in [-0.2, -0.15) is 0 Å². The lowest BCUT2D eigenvalue weighted by atomic mass is 10.2. The number of nitrogens with one attached hydrogen (secondary N) is 1. The Morgan fingerprint density at radius 3 is 2.47 bits per heavy atom. The van der Waals surface area contributed by atoms with E-state index in [-0.39, 0.29) is 0 Å². The van der Waals surface area contributed by atoms with Gasteiger partial charge in [-0.1, -0.05) is 32.0 Å².